The van der Waals surface area contributed by atoms with Crippen molar-refractivity contribution < 1.29 is 4.74 Å². The van der Waals surface area contributed by atoms with Crippen molar-refractivity contribution in [2.45, 2.75) is 64.6 Å². The van der Waals surface area contributed by atoms with Gasteiger partial charge >= 0.3 is 0 Å². The Labute approximate surface area is 107 Å². The maximum Gasteiger partial charge on any atom is 0.0774 e. The van der Waals surface area contributed by atoms with E-state index >= 15 is 0 Å². The Balaban J connectivity index is 2.56. The summed E-state index contributed by atoms with van der Waals surface area (Å²) in [6, 6.07) is 1.13. The quantitative estimate of drug-likeness (QED) is 0.741. The van der Waals surface area contributed by atoms with Gasteiger partial charge < -0.3 is 10.1 Å². The molecule has 1 aliphatic rings. The van der Waals surface area contributed by atoms with Gasteiger partial charge in [-0.05, 0) is 53.1 Å². The molecule has 2 atom stereocenters. The van der Waals surface area contributed by atoms with Crippen LogP contribution in [-0.4, -0.2) is 49.3 Å². The van der Waals surface area contributed by atoms with Gasteiger partial charge in [-0.2, -0.15) is 0 Å². The van der Waals surface area contributed by atoms with Gasteiger partial charge in [0.15, 0.2) is 0 Å². The minimum atomic E-state index is -0.0756. The van der Waals surface area contributed by atoms with E-state index in [1.54, 1.807) is 0 Å². The fourth-order valence-electron chi connectivity index (χ4n) is 2.54. The average molecular weight is 242 g/mol. The van der Waals surface area contributed by atoms with E-state index in [0.29, 0.717) is 12.1 Å². The van der Waals surface area contributed by atoms with Crippen LogP contribution < -0.4 is 5.32 Å². The van der Waals surface area contributed by atoms with Crippen molar-refractivity contribution in [1.29, 1.82) is 0 Å². The van der Waals surface area contributed by atoms with Crippen molar-refractivity contribution in [1.82, 2.24) is 10.2 Å². The first kappa shape index (κ1) is 14.9. The highest BCUT2D eigenvalue weighted by Crippen LogP contribution is 2.21. The van der Waals surface area contributed by atoms with Gasteiger partial charge in [0.05, 0.1) is 5.60 Å². The molecule has 0 amide bonds. The first-order chi connectivity index (χ1) is 8.01. The SMILES string of the molecule is CCCN(CC1CCCN1)C(C)C(C)(C)OC. The molecule has 0 aromatic heterocycles. The Morgan fingerprint density at radius 2 is 2.18 bits per heavy atom. The molecule has 1 aliphatic heterocycles. The maximum absolute atomic E-state index is 5.63. The molecule has 2 unspecified atom stereocenters. The Kier molecular flexibility index (Phi) is 5.90. The number of ether oxygens (including phenoxy) is 1. The maximum atomic E-state index is 5.63. The molecular formula is C14H30N2O. The fourth-order valence-corrected chi connectivity index (χ4v) is 2.54. The van der Waals surface area contributed by atoms with Crippen LogP contribution in [0.5, 0.6) is 0 Å². The van der Waals surface area contributed by atoms with Crippen LogP contribution in [0.4, 0.5) is 0 Å². The van der Waals surface area contributed by atoms with Crippen molar-refractivity contribution in [3.8, 4) is 0 Å². The predicted octanol–water partition coefficient (Wildman–Crippen LogP) is 2.26. The highest BCUT2D eigenvalue weighted by atomic mass is 16.5. The van der Waals surface area contributed by atoms with E-state index < -0.39 is 0 Å². The number of hydrogen-bond donors (Lipinski definition) is 1. The van der Waals surface area contributed by atoms with Crippen LogP contribution in [0.2, 0.25) is 0 Å². The topological polar surface area (TPSA) is 24.5 Å². The number of nitrogens with zero attached hydrogens (tertiary/aromatic N) is 1. The average Bonchev–Trinajstić information content (AvgIpc) is 2.80. The normalized spacial score (nSPS) is 23.3. The molecule has 3 nitrogen and oxygen atoms in total. The van der Waals surface area contributed by atoms with E-state index in [1.165, 1.54) is 25.8 Å². The smallest absolute Gasteiger partial charge is 0.0774 e. The van der Waals surface area contributed by atoms with E-state index in [4.69, 9.17) is 4.74 Å². The molecule has 0 aliphatic carbocycles. The Hall–Kier alpha value is -0.120. The van der Waals surface area contributed by atoms with Gasteiger partial charge in [-0.3, -0.25) is 4.90 Å². The lowest BCUT2D eigenvalue weighted by molar-refractivity contribution is -0.0483. The minimum absolute atomic E-state index is 0.0756. The Bertz CT molecular complexity index is 212. The van der Waals surface area contributed by atoms with Crippen molar-refractivity contribution in [3.63, 3.8) is 0 Å². The standard InChI is InChI=1S/C14H30N2O/c1-6-10-16(11-13-8-7-9-15-13)12(2)14(3,4)17-5/h12-13,15H,6-11H2,1-5H3. The summed E-state index contributed by atoms with van der Waals surface area (Å²) >= 11 is 0. The van der Waals surface area contributed by atoms with Crippen LogP contribution >= 0.6 is 0 Å². The van der Waals surface area contributed by atoms with Gasteiger partial charge in [0, 0.05) is 25.7 Å². The molecule has 0 bridgehead atoms. The lowest BCUT2D eigenvalue weighted by Crippen LogP contribution is -2.52. The summed E-state index contributed by atoms with van der Waals surface area (Å²) in [4.78, 5) is 2.58. The lowest BCUT2D eigenvalue weighted by Gasteiger charge is -2.40. The van der Waals surface area contributed by atoms with E-state index in [2.05, 4.69) is 37.9 Å². The van der Waals surface area contributed by atoms with Gasteiger partial charge in [0.2, 0.25) is 0 Å². The summed E-state index contributed by atoms with van der Waals surface area (Å²) in [7, 11) is 1.81. The summed E-state index contributed by atoms with van der Waals surface area (Å²) in [6.07, 6.45) is 3.85. The van der Waals surface area contributed by atoms with Crippen LogP contribution in [-0.2, 0) is 4.74 Å². The zero-order valence-corrected chi connectivity index (χ0v) is 12.3. The van der Waals surface area contributed by atoms with E-state index in [9.17, 15) is 0 Å². The minimum Gasteiger partial charge on any atom is -0.377 e. The molecule has 0 saturated carbocycles. The van der Waals surface area contributed by atoms with Gasteiger partial charge in [0.25, 0.3) is 0 Å². The van der Waals surface area contributed by atoms with Crippen molar-refractivity contribution in [2.75, 3.05) is 26.7 Å². The fraction of sp³-hybridized carbons (Fsp3) is 1.00. The molecule has 1 rings (SSSR count). The molecule has 0 aromatic rings. The van der Waals surface area contributed by atoms with Crippen molar-refractivity contribution in [3.05, 3.63) is 0 Å². The third kappa shape index (κ3) is 4.23. The molecule has 1 fully saturated rings. The van der Waals surface area contributed by atoms with Gasteiger partial charge in [-0.15, -0.1) is 0 Å². The monoisotopic (exact) mass is 242 g/mol. The molecule has 3 heteroatoms. The van der Waals surface area contributed by atoms with Gasteiger partial charge in [0.1, 0.15) is 0 Å². The van der Waals surface area contributed by atoms with Crippen LogP contribution in [0.3, 0.4) is 0 Å². The molecule has 1 N–H and O–H groups in total. The number of rotatable bonds is 7. The lowest BCUT2D eigenvalue weighted by atomic mass is 9.97. The first-order valence-electron chi connectivity index (χ1n) is 7.03. The number of nitrogens with one attached hydrogen (secondary N) is 1. The second-order valence-electron chi connectivity index (χ2n) is 5.77. The Morgan fingerprint density at radius 1 is 1.47 bits per heavy atom. The highest BCUT2D eigenvalue weighted by molar-refractivity contribution is 4.87. The van der Waals surface area contributed by atoms with E-state index in [1.807, 2.05) is 7.11 Å². The zero-order chi connectivity index (χ0) is 12.9. The second-order valence-corrected chi connectivity index (χ2v) is 5.77. The Morgan fingerprint density at radius 3 is 2.65 bits per heavy atom. The second kappa shape index (κ2) is 6.72. The summed E-state index contributed by atoms with van der Waals surface area (Å²) in [5, 5.41) is 3.59. The van der Waals surface area contributed by atoms with Gasteiger partial charge in [-0.25, -0.2) is 0 Å². The van der Waals surface area contributed by atoms with Crippen molar-refractivity contribution in [2.24, 2.45) is 0 Å². The first-order valence-corrected chi connectivity index (χ1v) is 7.03. The molecule has 1 heterocycles. The highest BCUT2D eigenvalue weighted by Gasteiger charge is 2.31. The molecule has 17 heavy (non-hydrogen) atoms. The third-order valence-corrected chi connectivity index (χ3v) is 4.21. The van der Waals surface area contributed by atoms with Crippen LogP contribution in [0.25, 0.3) is 0 Å². The third-order valence-electron chi connectivity index (χ3n) is 4.21. The molecule has 0 aromatic carbocycles. The summed E-state index contributed by atoms with van der Waals surface area (Å²) in [5.41, 5.74) is -0.0756. The van der Waals surface area contributed by atoms with Crippen molar-refractivity contribution >= 4 is 0 Å². The van der Waals surface area contributed by atoms with Crippen LogP contribution in [0.1, 0.15) is 47.0 Å². The summed E-state index contributed by atoms with van der Waals surface area (Å²) < 4.78 is 5.63. The molecular weight excluding hydrogens is 212 g/mol. The number of hydrogen-bond acceptors (Lipinski definition) is 3. The predicted molar refractivity (Wildman–Crippen MR) is 73.4 cm³/mol. The van der Waals surface area contributed by atoms with E-state index in [-0.39, 0.29) is 5.60 Å². The summed E-state index contributed by atoms with van der Waals surface area (Å²) in [6.45, 7) is 12.4. The molecule has 0 spiro atoms. The molecule has 0 radical (unpaired) electrons. The largest absolute Gasteiger partial charge is 0.377 e. The number of methoxy groups -OCH3 is 1. The summed E-state index contributed by atoms with van der Waals surface area (Å²) in [5.74, 6) is 0. The van der Waals surface area contributed by atoms with Crippen LogP contribution in [0, 0.1) is 0 Å². The molecule has 1 saturated heterocycles. The van der Waals surface area contributed by atoms with Crippen LogP contribution in [0.15, 0.2) is 0 Å². The molecule has 102 valence electrons. The zero-order valence-electron chi connectivity index (χ0n) is 12.3. The van der Waals surface area contributed by atoms with Gasteiger partial charge in [-0.1, -0.05) is 6.92 Å². The van der Waals surface area contributed by atoms with E-state index in [0.717, 1.165) is 13.1 Å².